The van der Waals surface area contributed by atoms with Crippen molar-refractivity contribution in [3.63, 3.8) is 0 Å². The first-order valence-corrected chi connectivity index (χ1v) is 8.53. The number of nitrogens with one attached hydrogen (secondary N) is 2. The summed E-state index contributed by atoms with van der Waals surface area (Å²) in [5, 5.41) is 7.03. The Hall–Kier alpha value is -2.40. The number of aromatic amines is 1. The Bertz CT molecular complexity index is 785. The van der Waals surface area contributed by atoms with Crippen molar-refractivity contribution in [2.45, 2.75) is 19.9 Å². The Balaban J connectivity index is 1.77. The van der Waals surface area contributed by atoms with Crippen molar-refractivity contribution in [1.29, 1.82) is 0 Å². The number of benzene rings is 1. The summed E-state index contributed by atoms with van der Waals surface area (Å²) in [6.45, 7) is 4.14. The fraction of sp³-hybridized carbons (Fsp3) is 0.222. The predicted octanol–water partition coefficient (Wildman–Crippen LogP) is 4.15. The lowest BCUT2D eigenvalue weighted by atomic mass is 10.0. The van der Waals surface area contributed by atoms with Crippen LogP contribution < -0.4 is 5.32 Å². The summed E-state index contributed by atoms with van der Waals surface area (Å²) in [5.74, 6) is 0.905. The van der Waals surface area contributed by atoms with Gasteiger partial charge in [-0.2, -0.15) is 11.3 Å². The van der Waals surface area contributed by atoms with E-state index in [2.05, 4.69) is 29.1 Å². The van der Waals surface area contributed by atoms with E-state index in [1.54, 1.807) is 17.4 Å². The van der Waals surface area contributed by atoms with Gasteiger partial charge < -0.3 is 10.3 Å². The first kappa shape index (κ1) is 15.5. The van der Waals surface area contributed by atoms with Gasteiger partial charge in [0.25, 0.3) is 0 Å². The molecule has 0 spiro atoms. The van der Waals surface area contributed by atoms with Crippen molar-refractivity contribution in [2.75, 3.05) is 0 Å². The van der Waals surface area contributed by atoms with Crippen molar-refractivity contribution in [3.05, 3.63) is 58.6 Å². The zero-order valence-electron chi connectivity index (χ0n) is 13.1. The van der Waals surface area contributed by atoms with Crippen LogP contribution in [-0.4, -0.2) is 15.9 Å². The molecule has 118 valence electrons. The van der Waals surface area contributed by atoms with Crippen molar-refractivity contribution < 1.29 is 4.79 Å². The van der Waals surface area contributed by atoms with Crippen molar-refractivity contribution >= 4 is 34.4 Å². The van der Waals surface area contributed by atoms with Crippen LogP contribution in [0.1, 0.15) is 31.3 Å². The van der Waals surface area contributed by atoms with E-state index in [1.165, 1.54) is 0 Å². The molecule has 3 rings (SSSR count). The lowest BCUT2D eigenvalue weighted by Crippen LogP contribution is -2.31. The van der Waals surface area contributed by atoms with E-state index in [-0.39, 0.29) is 17.9 Å². The van der Waals surface area contributed by atoms with Gasteiger partial charge in [0.1, 0.15) is 5.82 Å². The van der Waals surface area contributed by atoms with E-state index in [0.717, 1.165) is 22.4 Å². The van der Waals surface area contributed by atoms with Gasteiger partial charge in [0, 0.05) is 6.08 Å². The Morgan fingerprint density at radius 3 is 2.83 bits per heavy atom. The molecule has 0 aliphatic carbocycles. The van der Waals surface area contributed by atoms with Crippen molar-refractivity contribution in [1.82, 2.24) is 15.3 Å². The summed E-state index contributed by atoms with van der Waals surface area (Å²) >= 11 is 1.61. The van der Waals surface area contributed by atoms with Crippen LogP contribution in [0, 0.1) is 5.92 Å². The number of aromatic nitrogens is 2. The Morgan fingerprint density at radius 2 is 2.13 bits per heavy atom. The van der Waals surface area contributed by atoms with Crippen LogP contribution in [0.15, 0.2) is 47.2 Å². The quantitative estimate of drug-likeness (QED) is 0.692. The third kappa shape index (κ3) is 3.68. The molecule has 0 aliphatic rings. The number of amides is 1. The van der Waals surface area contributed by atoms with Crippen LogP contribution in [-0.2, 0) is 4.79 Å². The molecule has 2 heterocycles. The highest BCUT2D eigenvalue weighted by Crippen LogP contribution is 2.22. The third-order valence-electron chi connectivity index (χ3n) is 3.64. The molecule has 0 radical (unpaired) electrons. The number of hydrogen-bond donors (Lipinski definition) is 2. The van der Waals surface area contributed by atoms with Crippen LogP contribution in [0.5, 0.6) is 0 Å². The summed E-state index contributed by atoms with van der Waals surface area (Å²) < 4.78 is 0. The molecule has 0 fully saturated rings. The molecule has 2 aromatic heterocycles. The molecule has 1 aromatic carbocycles. The molecule has 1 atom stereocenters. The zero-order valence-corrected chi connectivity index (χ0v) is 13.9. The highest BCUT2D eigenvalue weighted by molar-refractivity contribution is 7.08. The first-order chi connectivity index (χ1) is 11.1. The molecule has 0 saturated carbocycles. The fourth-order valence-electron chi connectivity index (χ4n) is 2.41. The Labute approximate surface area is 139 Å². The van der Waals surface area contributed by atoms with Crippen molar-refractivity contribution in [2.24, 2.45) is 5.92 Å². The van der Waals surface area contributed by atoms with Gasteiger partial charge in [-0.05, 0) is 46.5 Å². The molecule has 1 unspecified atom stereocenters. The number of H-pyrrole nitrogens is 1. The summed E-state index contributed by atoms with van der Waals surface area (Å²) in [5.41, 5.74) is 2.93. The van der Waals surface area contributed by atoms with Crippen LogP contribution in [0.2, 0.25) is 0 Å². The van der Waals surface area contributed by atoms with E-state index < -0.39 is 0 Å². The van der Waals surface area contributed by atoms with Crippen LogP contribution >= 0.6 is 11.3 Å². The standard InChI is InChI=1S/C18H19N3OS/c1-12(2)17(18-19-14-5-3-4-6-15(14)20-18)21-16(22)8-7-13-9-10-23-11-13/h3-12,17H,1-2H3,(H,19,20)(H,21,22). The largest absolute Gasteiger partial charge is 0.342 e. The van der Waals surface area contributed by atoms with E-state index >= 15 is 0 Å². The maximum atomic E-state index is 12.2. The minimum absolute atomic E-state index is 0.115. The summed E-state index contributed by atoms with van der Waals surface area (Å²) in [6, 6.07) is 9.71. The van der Waals surface area contributed by atoms with Gasteiger partial charge in [-0.3, -0.25) is 4.79 Å². The normalized spacial score (nSPS) is 13.0. The fourth-order valence-corrected chi connectivity index (χ4v) is 3.04. The highest BCUT2D eigenvalue weighted by atomic mass is 32.1. The van der Waals surface area contributed by atoms with Crippen molar-refractivity contribution in [3.8, 4) is 0 Å². The number of carbonyl (C=O) groups excluding carboxylic acids is 1. The zero-order chi connectivity index (χ0) is 16.2. The van der Waals surface area contributed by atoms with Crippen LogP contribution in [0.3, 0.4) is 0 Å². The first-order valence-electron chi connectivity index (χ1n) is 7.59. The number of thiophene rings is 1. The second-order valence-electron chi connectivity index (χ2n) is 5.76. The number of rotatable bonds is 5. The van der Waals surface area contributed by atoms with E-state index in [9.17, 15) is 4.79 Å². The third-order valence-corrected chi connectivity index (χ3v) is 4.34. The average molecular weight is 325 g/mol. The molecule has 2 N–H and O–H groups in total. The maximum absolute atomic E-state index is 12.2. The summed E-state index contributed by atoms with van der Waals surface area (Å²) in [4.78, 5) is 20.1. The number of nitrogens with zero attached hydrogens (tertiary/aromatic N) is 1. The van der Waals surface area contributed by atoms with E-state index in [1.807, 2.05) is 47.2 Å². The molecule has 0 saturated heterocycles. The number of hydrogen-bond acceptors (Lipinski definition) is 3. The Kier molecular flexibility index (Phi) is 4.57. The van der Waals surface area contributed by atoms with Gasteiger partial charge in [0.2, 0.25) is 5.91 Å². The van der Waals surface area contributed by atoms with Gasteiger partial charge in [-0.1, -0.05) is 26.0 Å². The second-order valence-corrected chi connectivity index (χ2v) is 6.54. The molecule has 5 heteroatoms. The average Bonchev–Trinajstić information content (AvgIpc) is 3.19. The van der Waals surface area contributed by atoms with E-state index in [0.29, 0.717) is 0 Å². The van der Waals surface area contributed by atoms with Crippen LogP contribution in [0.25, 0.3) is 17.1 Å². The number of fused-ring (bicyclic) bond motifs is 1. The highest BCUT2D eigenvalue weighted by Gasteiger charge is 2.20. The monoisotopic (exact) mass is 325 g/mol. The van der Waals surface area contributed by atoms with Gasteiger partial charge in [-0.15, -0.1) is 0 Å². The van der Waals surface area contributed by atoms with Gasteiger partial charge >= 0.3 is 0 Å². The number of carbonyl (C=O) groups is 1. The topological polar surface area (TPSA) is 57.8 Å². The van der Waals surface area contributed by atoms with Gasteiger partial charge in [-0.25, -0.2) is 4.98 Å². The smallest absolute Gasteiger partial charge is 0.244 e. The molecule has 3 aromatic rings. The second kappa shape index (κ2) is 6.79. The summed E-state index contributed by atoms with van der Waals surface area (Å²) in [7, 11) is 0. The molecule has 23 heavy (non-hydrogen) atoms. The minimum atomic E-state index is -0.151. The van der Waals surface area contributed by atoms with Crippen LogP contribution in [0.4, 0.5) is 0 Å². The lowest BCUT2D eigenvalue weighted by molar-refractivity contribution is -0.117. The summed E-state index contributed by atoms with van der Waals surface area (Å²) in [6.07, 6.45) is 3.39. The molecule has 4 nitrogen and oxygen atoms in total. The predicted molar refractivity (Wildman–Crippen MR) is 95.2 cm³/mol. The minimum Gasteiger partial charge on any atom is -0.342 e. The van der Waals surface area contributed by atoms with Gasteiger partial charge in [0.05, 0.1) is 17.1 Å². The van der Waals surface area contributed by atoms with Gasteiger partial charge in [0.15, 0.2) is 0 Å². The molecular formula is C18H19N3OS. The lowest BCUT2D eigenvalue weighted by Gasteiger charge is -2.19. The Morgan fingerprint density at radius 1 is 1.30 bits per heavy atom. The maximum Gasteiger partial charge on any atom is 0.244 e. The molecule has 0 aliphatic heterocycles. The molecular weight excluding hydrogens is 306 g/mol. The number of para-hydroxylation sites is 2. The van der Waals surface area contributed by atoms with E-state index in [4.69, 9.17) is 0 Å². The number of imidazole rings is 1. The molecule has 0 bridgehead atoms. The SMILES string of the molecule is CC(C)C(NC(=O)C=Cc1ccsc1)c1nc2ccccc2[nH]1. The molecule has 1 amide bonds.